The lowest BCUT2D eigenvalue weighted by atomic mass is 9.96. The lowest BCUT2D eigenvalue weighted by molar-refractivity contribution is -0.137. The number of carbonyl (C=O) groups excluding carboxylic acids is 1. The summed E-state index contributed by atoms with van der Waals surface area (Å²) >= 11 is 6.08. The molecule has 0 radical (unpaired) electrons. The van der Waals surface area contributed by atoms with Gasteiger partial charge in [0, 0.05) is 55.9 Å². The highest BCUT2D eigenvalue weighted by molar-refractivity contribution is 7.89. The van der Waals surface area contributed by atoms with Crippen LogP contribution in [0.3, 0.4) is 0 Å². The van der Waals surface area contributed by atoms with Gasteiger partial charge in [0.05, 0.1) is 4.90 Å². The monoisotopic (exact) mass is 465 g/mol. The van der Waals surface area contributed by atoms with Crippen LogP contribution in [0, 0.1) is 11.7 Å². The van der Waals surface area contributed by atoms with Gasteiger partial charge in [0.2, 0.25) is 15.9 Å². The molecular formula is C22H25ClFN3O3S. The molecule has 1 amide bonds. The van der Waals surface area contributed by atoms with E-state index in [0.29, 0.717) is 44.0 Å². The van der Waals surface area contributed by atoms with E-state index < -0.39 is 15.8 Å². The average molecular weight is 466 g/mol. The highest BCUT2D eigenvalue weighted by Gasteiger charge is 2.34. The van der Waals surface area contributed by atoms with E-state index in [2.05, 4.69) is 4.90 Å². The third-order valence-corrected chi connectivity index (χ3v) is 8.17. The minimum absolute atomic E-state index is 0.0795. The van der Waals surface area contributed by atoms with Crippen molar-refractivity contribution in [2.24, 2.45) is 5.92 Å². The Bertz CT molecular complexity index is 1030. The van der Waals surface area contributed by atoms with Gasteiger partial charge in [-0.1, -0.05) is 17.7 Å². The predicted octanol–water partition coefficient (Wildman–Crippen LogP) is 3.23. The van der Waals surface area contributed by atoms with E-state index in [1.807, 2.05) is 29.2 Å². The molecule has 0 bridgehead atoms. The fraction of sp³-hybridized carbons (Fsp3) is 0.409. The zero-order valence-corrected chi connectivity index (χ0v) is 18.7. The van der Waals surface area contributed by atoms with Crippen LogP contribution in [0.2, 0.25) is 5.02 Å². The van der Waals surface area contributed by atoms with Gasteiger partial charge in [-0.05, 0) is 55.3 Å². The number of rotatable bonds is 4. The molecule has 2 aliphatic heterocycles. The van der Waals surface area contributed by atoms with Gasteiger partial charge in [0.1, 0.15) is 5.82 Å². The topological polar surface area (TPSA) is 60.9 Å². The molecule has 2 aliphatic rings. The van der Waals surface area contributed by atoms with Crippen LogP contribution in [0.15, 0.2) is 53.4 Å². The SMILES string of the molecule is O=C(C1CCN(S(=O)(=O)c2ccc(F)cc2)CC1)N1CCN(c2cccc(Cl)c2)CC1. The number of anilines is 1. The van der Waals surface area contributed by atoms with Gasteiger partial charge in [0.25, 0.3) is 0 Å². The molecule has 0 unspecified atom stereocenters. The van der Waals surface area contributed by atoms with Crippen molar-refractivity contribution in [1.82, 2.24) is 9.21 Å². The summed E-state index contributed by atoms with van der Waals surface area (Å²) in [6.07, 6.45) is 0.988. The number of benzene rings is 2. The molecule has 2 fully saturated rings. The van der Waals surface area contributed by atoms with Crippen molar-refractivity contribution in [1.29, 1.82) is 0 Å². The summed E-state index contributed by atoms with van der Waals surface area (Å²) in [7, 11) is -3.67. The van der Waals surface area contributed by atoms with Crippen LogP contribution in [-0.2, 0) is 14.8 Å². The summed E-state index contributed by atoms with van der Waals surface area (Å²) in [5.41, 5.74) is 1.05. The zero-order chi connectivity index (χ0) is 22.0. The van der Waals surface area contributed by atoms with Crippen LogP contribution >= 0.6 is 11.6 Å². The van der Waals surface area contributed by atoms with Crippen molar-refractivity contribution in [3.8, 4) is 0 Å². The molecule has 0 spiro atoms. The second-order valence-electron chi connectivity index (χ2n) is 7.92. The normalized spacial score (nSPS) is 18.9. The van der Waals surface area contributed by atoms with E-state index >= 15 is 0 Å². The highest BCUT2D eigenvalue weighted by Crippen LogP contribution is 2.26. The smallest absolute Gasteiger partial charge is 0.243 e. The van der Waals surface area contributed by atoms with Gasteiger partial charge in [-0.3, -0.25) is 4.79 Å². The molecule has 2 heterocycles. The number of hydrogen-bond acceptors (Lipinski definition) is 4. The number of piperazine rings is 1. The fourth-order valence-corrected chi connectivity index (χ4v) is 5.87. The van der Waals surface area contributed by atoms with Gasteiger partial charge in [-0.15, -0.1) is 0 Å². The molecule has 4 rings (SSSR count). The molecule has 2 aromatic carbocycles. The number of halogens is 2. The lowest BCUT2D eigenvalue weighted by Gasteiger charge is -2.39. The number of nitrogens with zero attached hydrogens (tertiary/aromatic N) is 3. The zero-order valence-electron chi connectivity index (χ0n) is 17.1. The van der Waals surface area contributed by atoms with Crippen molar-refractivity contribution >= 4 is 33.2 Å². The first-order chi connectivity index (χ1) is 14.8. The van der Waals surface area contributed by atoms with E-state index in [1.165, 1.54) is 16.4 Å². The average Bonchev–Trinajstić information content (AvgIpc) is 2.79. The van der Waals surface area contributed by atoms with E-state index in [4.69, 9.17) is 11.6 Å². The van der Waals surface area contributed by atoms with Crippen molar-refractivity contribution in [3.05, 3.63) is 59.4 Å². The van der Waals surface area contributed by atoms with Gasteiger partial charge in [0.15, 0.2) is 0 Å². The second-order valence-corrected chi connectivity index (χ2v) is 10.3. The Morgan fingerprint density at radius 1 is 0.935 bits per heavy atom. The maximum Gasteiger partial charge on any atom is 0.243 e. The molecule has 0 atom stereocenters. The van der Waals surface area contributed by atoms with Gasteiger partial charge in [-0.25, -0.2) is 12.8 Å². The summed E-state index contributed by atoms with van der Waals surface area (Å²) in [6.45, 7) is 3.34. The van der Waals surface area contributed by atoms with Crippen LogP contribution in [0.5, 0.6) is 0 Å². The molecule has 2 saturated heterocycles. The minimum Gasteiger partial charge on any atom is -0.368 e. The number of piperidine rings is 1. The summed E-state index contributed by atoms with van der Waals surface area (Å²) < 4.78 is 40.0. The summed E-state index contributed by atoms with van der Waals surface area (Å²) in [5, 5.41) is 0.693. The fourth-order valence-electron chi connectivity index (χ4n) is 4.21. The Labute approximate surface area is 187 Å². The maximum absolute atomic E-state index is 13.1. The Kier molecular flexibility index (Phi) is 6.50. The minimum atomic E-state index is -3.67. The van der Waals surface area contributed by atoms with Gasteiger partial charge in [-0.2, -0.15) is 4.31 Å². The third kappa shape index (κ3) is 4.86. The molecule has 0 aliphatic carbocycles. The van der Waals surface area contributed by atoms with E-state index in [1.54, 1.807) is 0 Å². The van der Waals surface area contributed by atoms with Gasteiger partial charge >= 0.3 is 0 Å². The van der Waals surface area contributed by atoms with Crippen molar-refractivity contribution in [2.45, 2.75) is 17.7 Å². The summed E-state index contributed by atoms with van der Waals surface area (Å²) in [5.74, 6) is -0.541. The molecule has 0 N–H and O–H groups in total. The molecule has 31 heavy (non-hydrogen) atoms. The number of sulfonamides is 1. The highest BCUT2D eigenvalue weighted by atomic mass is 35.5. The Hall–Kier alpha value is -2.16. The first-order valence-electron chi connectivity index (χ1n) is 10.4. The summed E-state index contributed by atoms with van der Waals surface area (Å²) in [6, 6.07) is 12.6. The predicted molar refractivity (Wildman–Crippen MR) is 118 cm³/mol. The van der Waals surface area contributed by atoms with E-state index in [9.17, 15) is 17.6 Å². The van der Waals surface area contributed by atoms with Crippen molar-refractivity contribution in [3.63, 3.8) is 0 Å². The van der Waals surface area contributed by atoms with E-state index in [-0.39, 0.29) is 16.7 Å². The number of amides is 1. The van der Waals surface area contributed by atoms with Gasteiger partial charge < -0.3 is 9.80 Å². The maximum atomic E-state index is 13.1. The van der Waals surface area contributed by atoms with Crippen LogP contribution < -0.4 is 4.90 Å². The number of carbonyl (C=O) groups is 1. The van der Waals surface area contributed by atoms with Crippen LogP contribution in [-0.4, -0.2) is 62.8 Å². The molecule has 166 valence electrons. The quantitative estimate of drug-likeness (QED) is 0.695. The standard InChI is InChI=1S/C22H25ClFN3O3S/c23-18-2-1-3-20(16-18)25-12-14-26(15-13-25)22(28)17-8-10-27(11-9-17)31(29,30)21-6-4-19(24)5-7-21/h1-7,16-17H,8-15H2. The lowest BCUT2D eigenvalue weighted by Crippen LogP contribution is -2.52. The number of hydrogen-bond donors (Lipinski definition) is 0. The van der Waals surface area contributed by atoms with Crippen LogP contribution in [0.1, 0.15) is 12.8 Å². The third-order valence-electron chi connectivity index (χ3n) is 6.02. The van der Waals surface area contributed by atoms with E-state index in [0.717, 1.165) is 30.9 Å². The first kappa shape index (κ1) is 22.0. The largest absolute Gasteiger partial charge is 0.368 e. The Balaban J connectivity index is 1.31. The van der Waals surface area contributed by atoms with Crippen molar-refractivity contribution in [2.75, 3.05) is 44.2 Å². The molecule has 2 aromatic rings. The summed E-state index contributed by atoms with van der Waals surface area (Å²) in [4.78, 5) is 17.2. The first-order valence-corrected chi connectivity index (χ1v) is 12.2. The Morgan fingerprint density at radius 3 is 2.19 bits per heavy atom. The molecule has 0 aromatic heterocycles. The molecular weight excluding hydrogens is 441 g/mol. The molecule has 6 nitrogen and oxygen atoms in total. The molecule has 0 saturated carbocycles. The molecule has 9 heteroatoms. The Morgan fingerprint density at radius 2 is 1.58 bits per heavy atom. The van der Waals surface area contributed by atoms with Crippen LogP contribution in [0.4, 0.5) is 10.1 Å². The van der Waals surface area contributed by atoms with Crippen LogP contribution in [0.25, 0.3) is 0 Å². The van der Waals surface area contributed by atoms with Crippen molar-refractivity contribution < 1.29 is 17.6 Å². The second kappa shape index (κ2) is 9.14.